The Bertz CT molecular complexity index is 1250. The molecule has 2 aromatic carbocycles. The van der Waals surface area contributed by atoms with Crippen molar-refractivity contribution in [3.63, 3.8) is 0 Å². The smallest absolute Gasteiger partial charge is 0.324 e. The molecule has 0 saturated heterocycles. The number of anilines is 1. The zero-order valence-electron chi connectivity index (χ0n) is 15.8. The Morgan fingerprint density at radius 3 is 2.29 bits per heavy atom. The largest absolute Gasteiger partial charge is 0.376 e. The SMILES string of the molecule is O=C(CNc1ccc(Cl)cc1)n1nc(-c2ccc([N+](=O)[O-])s2)cc1-c1ccc(Cl)cc1. The summed E-state index contributed by atoms with van der Waals surface area (Å²) in [5.41, 5.74) is 2.52. The summed E-state index contributed by atoms with van der Waals surface area (Å²) >= 11 is 12.9. The predicted molar refractivity (Wildman–Crippen MR) is 123 cm³/mol. The van der Waals surface area contributed by atoms with Gasteiger partial charge in [-0.3, -0.25) is 14.9 Å². The maximum absolute atomic E-state index is 13.0. The fraction of sp³-hybridized carbons (Fsp3) is 0.0476. The molecule has 0 aliphatic rings. The molecule has 4 aromatic rings. The number of thiophene rings is 1. The van der Waals surface area contributed by atoms with Crippen molar-refractivity contribution in [1.82, 2.24) is 9.78 Å². The van der Waals surface area contributed by atoms with Crippen LogP contribution in [-0.4, -0.2) is 27.2 Å². The molecule has 156 valence electrons. The second-order valence-corrected chi connectivity index (χ2v) is 8.42. The van der Waals surface area contributed by atoms with Crippen molar-refractivity contribution in [3.8, 4) is 21.8 Å². The van der Waals surface area contributed by atoms with Gasteiger partial charge in [0, 0.05) is 27.4 Å². The van der Waals surface area contributed by atoms with E-state index in [0.717, 1.165) is 22.6 Å². The van der Waals surface area contributed by atoms with Gasteiger partial charge < -0.3 is 5.32 Å². The van der Waals surface area contributed by atoms with Crippen molar-refractivity contribution < 1.29 is 9.72 Å². The van der Waals surface area contributed by atoms with Crippen LogP contribution in [0.5, 0.6) is 0 Å². The summed E-state index contributed by atoms with van der Waals surface area (Å²) in [6.45, 7) is -0.00602. The highest BCUT2D eigenvalue weighted by molar-refractivity contribution is 7.18. The van der Waals surface area contributed by atoms with Crippen LogP contribution in [0.4, 0.5) is 10.7 Å². The van der Waals surface area contributed by atoms with Gasteiger partial charge >= 0.3 is 5.00 Å². The number of rotatable bonds is 6. The lowest BCUT2D eigenvalue weighted by Gasteiger charge is -2.09. The fourth-order valence-electron chi connectivity index (χ4n) is 2.90. The zero-order valence-corrected chi connectivity index (χ0v) is 18.1. The summed E-state index contributed by atoms with van der Waals surface area (Å²) in [7, 11) is 0. The summed E-state index contributed by atoms with van der Waals surface area (Å²) in [5.74, 6) is -0.294. The van der Waals surface area contributed by atoms with E-state index in [9.17, 15) is 14.9 Å². The van der Waals surface area contributed by atoms with Crippen LogP contribution in [0.25, 0.3) is 21.8 Å². The predicted octanol–water partition coefficient (Wildman–Crippen LogP) is 6.25. The first-order chi connectivity index (χ1) is 14.9. The van der Waals surface area contributed by atoms with Crippen LogP contribution in [0.2, 0.25) is 10.0 Å². The zero-order chi connectivity index (χ0) is 22.0. The van der Waals surface area contributed by atoms with E-state index in [4.69, 9.17) is 23.2 Å². The minimum Gasteiger partial charge on any atom is -0.376 e. The van der Waals surface area contributed by atoms with E-state index in [2.05, 4.69) is 10.4 Å². The molecule has 0 saturated carbocycles. The number of aromatic nitrogens is 2. The molecule has 0 bridgehead atoms. The Kier molecular flexibility index (Phi) is 6.03. The third kappa shape index (κ3) is 4.77. The molecule has 0 fully saturated rings. The van der Waals surface area contributed by atoms with Crippen LogP contribution in [0.1, 0.15) is 4.79 Å². The first kappa shape index (κ1) is 21.0. The quantitative estimate of drug-likeness (QED) is 0.264. The van der Waals surface area contributed by atoms with Crippen molar-refractivity contribution in [2.45, 2.75) is 0 Å². The van der Waals surface area contributed by atoms with Gasteiger partial charge in [0.1, 0.15) is 5.69 Å². The molecular weight excluding hydrogens is 459 g/mol. The molecular formula is C21H14Cl2N4O3S. The second-order valence-electron chi connectivity index (χ2n) is 6.48. The minimum atomic E-state index is -0.452. The molecule has 0 spiro atoms. The normalized spacial score (nSPS) is 10.8. The van der Waals surface area contributed by atoms with Gasteiger partial charge in [-0.2, -0.15) is 9.78 Å². The summed E-state index contributed by atoms with van der Waals surface area (Å²) in [5, 5.41) is 19.7. The molecule has 0 aliphatic heterocycles. The molecule has 2 aromatic heterocycles. The lowest BCUT2D eigenvalue weighted by Crippen LogP contribution is -2.22. The van der Waals surface area contributed by atoms with E-state index in [-0.39, 0.29) is 17.5 Å². The van der Waals surface area contributed by atoms with Gasteiger partial charge in [0.25, 0.3) is 5.91 Å². The molecule has 0 atom stereocenters. The van der Waals surface area contributed by atoms with Crippen molar-refractivity contribution in [2.24, 2.45) is 0 Å². The maximum Gasteiger partial charge on any atom is 0.324 e. The molecule has 10 heteroatoms. The Morgan fingerprint density at radius 1 is 1.03 bits per heavy atom. The lowest BCUT2D eigenvalue weighted by atomic mass is 10.1. The van der Waals surface area contributed by atoms with Crippen LogP contribution >= 0.6 is 34.5 Å². The number of hydrogen-bond acceptors (Lipinski definition) is 6. The van der Waals surface area contributed by atoms with E-state index in [1.807, 2.05) is 0 Å². The van der Waals surface area contributed by atoms with Crippen LogP contribution in [0.3, 0.4) is 0 Å². The number of hydrogen-bond donors (Lipinski definition) is 1. The van der Waals surface area contributed by atoms with Gasteiger partial charge in [0.05, 0.1) is 22.0 Å². The number of carbonyl (C=O) groups is 1. The van der Waals surface area contributed by atoms with E-state index in [0.29, 0.717) is 26.3 Å². The Balaban J connectivity index is 1.67. The van der Waals surface area contributed by atoms with E-state index >= 15 is 0 Å². The first-order valence-electron chi connectivity index (χ1n) is 9.04. The number of nitrogens with one attached hydrogen (secondary N) is 1. The molecule has 4 rings (SSSR count). The van der Waals surface area contributed by atoms with Crippen LogP contribution < -0.4 is 5.32 Å². The van der Waals surface area contributed by atoms with Crippen LogP contribution in [-0.2, 0) is 0 Å². The number of nitro groups is 1. The Labute approximate surface area is 191 Å². The molecule has 2 heterocycles. The summed E-state index contributed by atoms with van der Waals surface area (Å²) in [4.78, 5) is 24.2. The first-order valence-corrected chi connectivity index (χ1v) is 10.6. The number of benzene rings is 2. The Hall–Kier alpha value is -3.20. The molecule has 0 unspecified atom stereocenters. The highest BCUT2D eigenvalue weighted by Gasteiger charge is 2.19. The van der Waals surface area contributed by atoms with E-state index < -0.39 is 4.92 Å². The van der Waals surface area contributed by atoms with Crippen LogP contribution in [0, 0.1) is 10.1 Å². The summed E-state index contributed by atoms with van der Waals surface area (Å²) < 4.78 is 1.30. The standard InChI is InChI=1S/C21H14Cl2N4O3S/c22-14-3-1-13(2-4-14)18-11-17(19-9-10-21(31-19)27(29)30)25-26(18)20(28)12-24-16-7-5-15(23)6-8-16/h1-11,24H,12H2. The third-order valence-electron chi connectivity index (χ3n) is 4.40. The molecule has 0 amide bonds. The van der Waals surface area contributed by atoms with Crippen molar-refractivity contribution in [1.29, 1.82) is 0 Å². The van der Waals surface area contributed by atoms with Gasteiger partial charge in [-0.1, -0.05) is 46.7 Å². The molecule has 0 aliphatic carbocycles. The average molecular weight is 473 g/mol. The lowest BCUT2D eigenvalue weighted by molar-refractivity contribution is -0.380. The minimum absolute atomic E-state index is 0.00602. The third-order valence-corrected chi connectivity index (χ3v) is 5.96. The van der Waals surface area contributed by atoms with Gasteiger partial charge in [-0.15, -0.1) is 0 Å². The van der Waals surface area contributed by atoms with E-state index in [1.54, 1.807) is 60.7 Å². The fourth-order valence-corrected chi connectivity index (χ4v) is 3.93. The molecule has 0 radical (unpaired) electrons. The number of halogens is 2. The van der Waals surface area contributed by atoms with Gasteiger partial charge in [0.15, 0.2) is 0 Å². The summed E-state index contributed by atoms with van der Waals surface area (Å²) in [6.07, 6.45) is 0. The maximum atomic E-state index is 13.0. The van der Waals surface area contributed by atoms with Gasteiger partial charge in [0.2, 0.25) is 0 Å². The topological polar surface area (TPSA) is 90.1 Å². The highest BCUT2D eigenvalue weighted by atomic mass is 35.5. The molecule has 1 N–H and O–H groups in total. The van der Waals surface area contributed by atoms with Crippen LogP contribution in [0.15, 0.2) is 66.7 Å². The van der Waals surface area contributed by atoms with Gasteiger partial charge in [-0.05, 0) is 48.5 Å². The van der Waals surface area contributed by atoms with Crippen molar-refractivity contribution in [3.05, 3.63) is 86.9 Å². The average Bonchev–Trinajstić information content (AvgIpc) is 3.41. The van der Waals surface area contributed by atoms with Crippen molar-refractivity contribution >= 4 is 51.1 Å². The number of nitrogens with zero attached hydrogens (tertiary/aromatic N) is 3. The monoisotopic (exact) mass is 472 g/mol. The number of carbonyl (C=O) groups excluding carboxylic acids is 1. The van der Waals surface area contributed by atoms with E-state index in [1.165, 1.54) is 10.7 Å². The highest BCUT2D eigenvalue weighted by Crippen LogP contribution is 2.34. The van der Waals surface area contributed by atoms with Gasteiger partial charge in [-0.25, -0.2) is 0 Å². The summed E-state index contributed by atoms with van der Waals surface area (Å²) in [6, 6.07) is 18.8. The molecule has 7 nitrogen and oxygen atoms in total. The second kappa shape index (κ2) is 8.89. The van der Waals surface area contributed by atoms with Crippen molar-refractivity contribution in [2.75, 3.05) is 11.9 Å². The Morgan fingerprint density at radius 2 is 1.68 bits per heavy atom. The molecule has 31 heavy (non-hydrogen) atoms.